The van der Waals surface area contributed by atoms with E-state index in [-0.39, 0.29) is 21.4 Å². The van der Waals surface area contributed by atoms with Crippen molar-refractivity contribution in [1.29, 1.82) is 0 Å². The third-order valence-corrected chi connectivity index (χ3v) is 5.22. The Labute approximate surface area is 152 Å². The lowest BCUT2D eigenvalue weighted by molar-refractivity contribution is 0.0951. The summed E-state index contributed by atoms with van der Waals surface area (Å²) >= 11 is 6.04. The SMILES string of the molecule is CN(C)CCNC(=O)c1ccc(Cl)c(S(=O)(=O)Nc2ccccc2)c1. The van der Waals surface area contributed by atoms with Crippen molar-refractivity contribution < 1.29 is 13.2 Å². The molecule has 2 rings (SSSR count). The largest absolute Gasteiger partial charge is 0.351 e. The summed E-state index contributed by atoms with van der Waals surface area (Å²) in [6.45, 7) is 1.14. The van der Waals surface area contributed by atoms with Crippen LogP contribution < -0.4 is 10.0 Å². The number of nitrogens with zero attached hydrogens (tertiary/aromatic N) is 1. The Kier molecular flexibility index (Phi) is 6.41. The van der Waals surface area contributed by atoms with Gasteiger partial charge in [0.25, 0.3) is 15.9 Å². The molecule has 0 fully saturated rings. The Bertz CT molecular complexity index is 839. The van der Waals surface area contributed by atoms with Crippen LogP contribution >= 0.6 is 11.6 Å². The van der Waals surface area contributed by atoms with Gasteiger partial charge in [-0.1, -0.05) is 29.8 Å². The summed E-state index contributed by atoms with van der Waals surface area (Å²) < 4.78 is 27.6. The number of likely N-dealkylation sites (N-methyl/N-ethyl adjacent to an activating group) is 1. The molecule has 0 saturated heterocycles. The number of anilines is 1. The van der Waals surface area contributed by atoms with Crippen molar-refractivity contribution in [3.8, 4) is 0 Å². The number of amides is 1. The maximum Gasteiger partial charge on any atom is 0.263 e. The lowest BCUT2D eigenvalue weighted by Crippen LogP contribution is -2.31. The molecule has 0 atom stereocenters. The van der Waals surface area contributed by atoms with Gasteiger partial charge in [0.15, 0.2) is 0 Å². The van der Waals surface area contributed by atoms with E-state index in [0.717, 1.165) is 0 Å². The zero-order valence-electron chi connectivity index (χ0n) is 14.0. The number of hydrogen-bond donors (Lipinski definition) is 2. The standard InChI is InChI=1S/C17H20ClN3O3S/c1-21(2)11-10-19-17(22)13-8-9-15(18)16(12-13)25(23,24)20-14-6-4-3-5-7-14/h3-9,12,20H,10-11H2,1-2H3,(H,19,22). The Morgan fingerprint density at radius 2 is 1.80 bits per heavy atom. The van der Waals surface area contributed by atoms with Crippen LogP contribution in [0, 0.1) is 0 Å². The first-order chi connectivity index (χ1) is 11.8. The average molecular weight is 382 g/mol. The van der Waals surface area contributed by atoms with E-state index in [1.165, 1.54) is 18.2 Å². The molecule has 2 N–H and O–H groups in total. The topological polar surface area (TPSA) is 78.5 Å². The van der Waals surface area contributed by atoms with Crippen LogP contribution in [0.15, 0.2) is 53.4 Å². The summed E-state index contributed by atoms with van der Waals surface area (Å²) in [7, 11) is -0.110. The number of halogens is 1. The van der Waals surface area contributed by atoms with Crippen LogP contribution in [0.3, 0.4) is 0 Å². The molecule has 8 heteroatoms. The zero-order chi connectivity index (χ0) is 18.4. The molecule has 0 saturated carbocycles. The monoisotopic (exact) mass is 381 g/mol. The third-order valence-electron chi connectivity index (χ3n) is 3.35. The first-order valence-electron chi connectivity index (χ1n) is 7.60. The Morgan fingerprint density at radius 1 is 1.12 bits per heavy atom. The van der Waals surface area contributed by atoms with E-state index < -0.39 is 10.0 Å². The number of carbonyl (C=O) groups excluding carboxylic acids is 1. The first-order valence-corrected chi connectivity index (χ1v) is 9.46. The van der Waals surface area contributed by atoms with Crippen LogP contribution in [-0.2, 0) is 10.0 Å². The van der Waals surface area contributed by atoms with Gasteiger partial charge in [-0.15, -0.1) is 0 Å². The van der Waals surface area contributed by atoms with Gasteiger partial charge in [0.05, 0.1) is 5.02 Å². The van der Waals surface area contributed by atoms with Gasteiger partial charge in [-0.2, -0.15) is 0 Å². The lowest BCUT2D eigenvalue weighted by atomic mass is 10.2. The predicted molar refractivity (Wildman–Crippen MR) is 99.6 cm³/mol. The number of sulfonamides is 1. The van der Waals surface area contributed by atoms with Crippen LogP contribution in [0.1, 0.15) is 10.4 Å². The number of rotatable bonds is 7. The molecule has 134 valence electrons. The minimum atomic E-state index is -3.90. The number of para-hydroxylation sites is 1. The molecule has 0 heterocycles. The molecule has 6 nitrogen and oxygen atoms in total. The average Bonchev–Trinajstić information content (AvgIpc) is 2.55. The highest BCUT2D eigenvalue weighted by atomic mass is 35.5. The molecule has 2 aromatic carbocycles. The second-order valence-electron chi connectivity index (χ2n) is 5.68. The summed E-state index contributed by atoms with van der Waals surface area (Å²) in [5.41, 5.74) is 0.649. The fourth-order valence-electron chi connectivity index (χ4n) is 2.06. The molecule has 0 unspecified atom stereocenters. The lowest BCUT2D eigenvalue weighted by Gasteiger charge is -2.12. The summed E-state index contributed by atoms with van der Waals surface area (Å²) in [6.07, 6.45) is 0. The van der Waals surface area contributed by atoms with E-state index in [0.29, 0.717) is 18.8 Å². The smallest absolute Gasteiger partial charge is 0.263 e. The van der Waals surface area contributed by atoms with Gasteiger partial charge in [0.2, 0.25) is 0 Å². The summed E-state index contributed by atoms with van der Waals surface area (Å²) in [4.78, 5) is 14.0. The molecule has 2 aromatic rings. The van der Waals surface area contributed by atoms with Crippen LogP contribution in [0.5, 0.6) is 0 Å². The highest BCUT2D eigenvalue weighted by Gasteiger charge is 2.20. The molecule has 0 spiro atoms. The van der Waals surface area contributed by atoms with Crippen molar-refractivity contribution in [3.63, 3.8) is 0 Å². The molecule has 0 aliphatic rings. The molecular formula is C17H20ClN3O3S. The fourth-order valence-corrected chi connectivity index (χ4v) is 3.65. The molecule has 0 radical (unpaired) electrons. The highest BCUT2D eigenvalue weighted by Crippen LogP contribution is 2.25. The van der Waals surface area contributed by atoms with E-state index in [4.69, 9.17) is 11.6 Å². The van der Waals surface area contributed by atoms with Gasteiger partial charge >= 0.3 is 0 Å². The molecular weight excluding hydrogens is 362 g/mol. The first kappa shape index (κ1) is 19.2. The normalized spacial score (nSPS) is 11.4. The van der Waals surface area contributed by atoms with Gasteiger partial charge in [-0.25, -0.2) is 8.42 Å². The minimum Gasteiger partial charge on any atom is -0.351 e. The summed E-state index contributed by atoms with van der Waals surface area (Å²) in [5, 5.41) is 2.79. The highest BCUT2D eigenvalue weighted by molar-refractivity contribution is 7.92. The van der Waals surface area contributed by atoms with E-state index in [1.807, 2.05) is 19.0 Å². The van der Waals surface area contributed by atoms with E-state index in [2.05, 4.69) is 10.0 Å². The number of hydrogen-bond acceptors (Lipinski definition) is 4. The van der Waals surface area contributed by atoms with Crippen molar-refractivity contribution >= 4 is 33.2 Å². The Balaban J connectivity index is 2.22. The molecule has 1 amide bonds. The minimum absolute atomic E-state index is 0.0493. The van der Waals surface area contributed by atoms with E-state index in [9.17, 15) is 13.2 Å². The molecule has 25 heavy (non-hydrogen) atoms. The van der Waals surface area contributed by atoms with Gasteiger partial charge in [0.1, 0.15) is 4.90 Å². The molecule has 0 aromatic heterocycles. The van der Waals surface area contributed by atoms with Crippen LogP contribution in [0.2, 0.25) is 5.02 Å². The fraction of sp³-hybridized carbons (Fsp3) is 0.235. The van der Waals surface area contributed by atoms with Crippen LogP contribution in [-0.4, -0.2) is 46.4 Å². The summed E-state index contributed by atoms with van der Waals surface area (Å²) in [6, 6.07) is 12.6. The van der Waals surface area contributed by atoms with Crippen molar-refractivity contribution in [1.82, 2.24) is 10.2 Å². The number of carbonyl (C=O) groups is 1. The maximum absolute atomic E-state index is 12.6. The maximum atomic E-state index is 12.6. The Hall–Kier alpha value is -2.09. The van der Waals surface area contributed by atoms with Crippen LogP contribution in [0.4, 0.5) is 5.69 Å². The second-order valence-corrected chi connectivity index (χ2v) is 7.73. The summed E-state index contributed by atoms with van der Waals surface area (Å²) in [5.74, 6) is -0.352. The predicted octanol–water partition coefficient (Wildman–Crippen LogP) is 2.43. The van der Waals surface area contributed by atoms with Gasteiger partial charge in [0, 0.05) is 24.3 Å². The van der Waals surface area contributed by atoms with Crippen molar-refractivity contribution in [2.75, 3.05) is 31.9 Å². The second kappa shape index (κ2) is 8.33. The Morgan fingerprint density at radius 3 is 2.44 bits per heavy atom. The molecule has 0 aliphatic heterocycles. The quantitative estimate of drug-likeness (QED) is 0.772. The number of nitrogens with one attached hydrogen (secondary N) is 2. The van der Waals surface area contributed by atoms with Gasteiger partial charge in [-0.3, -0.25) is 9.52 Å². The van der Waals surface area contributed by atoms with Crippen molar-refractivity contribution in [2.24, 2.45) is 0 Å². The molecule has 0 bridgehead atoms. The number of benzene rings is 2. The van der Waals surface area contributed by atoms with Gasteiger partial charge < -0.3 is 10.2 Å². The van der Waals surface area contributed by atoms with E-state index in [1.54, 1.807) is 30.3 Å². The van der Waals surface area contributed by atoms with Gasteiger partial charge in [-0.05, 0) is 44.4 Å². The molecule has 0 aliphatic carbocycles. The van der Waals surface area contributed by atoms with Crippen molar-refractivity contribution in [2.45, 2.75) is 4.90 Å². The van der Waals surface area contributed by atoms with Crippen LogP contribution in [0.25, 0.3) is 0 Å². The zero-order valence-corrected chi connectivity index (χ0v) is 15.6. The van der Waals surface area contributed by atoms with Crippen molar-refractivity contribution in [3.05, 3.63) is 59.1 Å². The van der Waals surface area contributed by atoms with E-state index >= 15 is 0 Å². The third kappa shape index (κ3) is 5.45.